The van der Waals surface area contributed by atoms with Crippen LogP contribution in [0.5, 0.6) is 0 Å². The van der Waals surface area contributed by atoms with E-state index in [4.69, 9.17) is 9.94 Å². The van der Waals surface area contributed by atoms with Crippen molar-refractivity contribution in [3.05, 3.63) is 70.9 Å². The third-order valence-electron chi connectivity index (χ3n) is 5.12. The third kappa shape index (κ3) is 3.61. The van der Waals surface area contributed by atoms with Crippen LogP contribution in [0.15, 0.2) is 48.5 Å². The highest BCUT2D eigenvalue weighted by Gasteiger charge is 2.29. The lowest BCUT2D eigenvalue weighted by atomic mass is 10.0. The first kappa shape index (κ1) is 19.1. The molecule has 150 valence electrons. The number of carboxylic acid groups (broad SMARTS) is 1. The maximum Gasteiger partial charge on any atom is 0.352 e. The van der Waals surface area contributed by atoms with Crippen LogP contribution in [0.2, 0.25) is 0 Å². The van der Waals surface area contributed by atoms with Crippen LogP contribution >= 0.6 is 0 Å². The van der Waals surface area contributed by atoms with Gasteiger partial charge in [-0.15, -0.1) is 0 Å². The summed E-state index contributed by atoms with van der Waals surface area (Å²) in [5, 5.41) is 22.9. The molecule has 0 spiro atoms. The van der Waals surface area contributed by atoms with E-state index in [9.17, 15) is 14.7 Å². The van der Waals surface area contributed by atoms with Crippen molar-refractivity contribution in [1.29, 1.82) is 0 Å². The van der Waals surface area contributed by atoms with Crippen molar-refractivity contribution in [1.82, 2.24) is 15.4 Å². The van der Waals surface area contributed by atoms with Crippen LogP contribution in [0.3, 0.4) is 0 Å². The maximum absolute atomic E-state index is 12.2. The molecule has 1 aliphatic rings. The van der Waals surface area contributed by atoms with Gasteiger partial charge in [0, 0.05) is 41.7 Å². The number of carboxylic acids is 1. The molecule has 8 nitrogen and oxygen atoms in total. The first-order valence-electron chi connectivity index (χ1n) is 9.30. The Kier molecular flexibility index (Phi) is 5.30. The molecule has 3 aromatic rings. The lowest BCUT2D eigenvalue weighted by Crippen LogP contribution is -2.34. The lowest BCUT2D eigenvalue weighted by molar-refractivity contribution is 0.0270. The Balaban J connectivity index is 1.80. The molecule has 1 aromatic heterocycles. The third-order valence-corrected chi connectivity index (χ3v) is 5.12. The van der Waals surface area contributed by atoms with Gasteiger partial charge >= 0.3 is 5.97 Å². The summed E-state index contributed by atoms with van der Waals surface area (Å²) in [6.45, 7) is 2.14. The van der Waals surface area contributed by atoms with Gasteiger partial charge in [-0.25, -0.2) is 10.3 Å². The van der Waals surface area contributed by atoms with E-state index in [0.717, 1.165) is 23.0 Å². The summed E-state index contributed by atoms with van der Waals surface area (Å²) >= 11 is 0. The highest BCUT2D eigenvalue weighted by atomic mass is 16.5. The van der Waals surface area contributed by atoms with E-state index in [-0.39, 0.29) is 11.8 Å². The van der Waals surface area contributed by atoms with Crippen molar-refractivity contribution in [2.45, 2.75) is 12.6 Å². The second kappa shape index (κ2) is 8.04. The van der Waals surface area contributed by atoms with Gasteiger partial charge in [0.1, 0.15) is 5.69 Å². The number of hydrogen-bond acceptors (Lipinski definition) is 5. The largest absolute Gasteiger partial charge is 0.477 e. The number of aromatic carboxylic acids is 1. The van der Waals surface area contributed by atoms with Crippen LogP contribution in [0.1, 0.15) is 38.1 Å². The predicted molar refractivity (Wildman–Crippen MR) is 105 cm³/mol. The Morgan fingerprint density at radius 1 is 1.17 bits per heavy atom. The number of carbonyl (C=O) groups is 2. The first-order chi connectivity index (χ1) is 14.1. The topological polar surface area (TPSA) is 113 Å². The molecule has 1 fully saturated rings. The first-order valence-corrected chi connectivity index (χ1v) is 9.30. The standard InChI is InChI=1S/C21H21N3O5/c25-20(23-28)14-7-5-13(6-8-14)12-24-16-4-2-1-3-15(16)18(19(24)21(26)27)17-11-22-9-10-29-17/h1-8,17,22,28H,9-12H2,(H,23,25)(H,26,27). The summed E-state index contributed by atoms with van der Waals surface area (Å²) in [6, 6.07) is 14.2. The van der Waals surface area contributed by atoms with Crippen molar-refractivity contribution in [2.75, 3.05) is 19.7 Å². The monoisotopic (exact) mass is 395 g/mol. The Labute approximate surface area is 166 Å². The highest BCUT2D eigenvalue weighted by Crippen LogP contribution is 2.34. The van der Waals surface area contributed by atoms with Crippen molar-refractivity contribution < 1.29 is 24.6 Å². The minimum absolute atomic E-state index is 0.206. The van der Waals surface area contributed by atoms with Gasteiger partial charge in [0.25, 0.3) is 5.91 Å². The Morgan fingerprint density at radius 2 is 1.93 bits per heavy atom. The maximum atomic E-state index is 12.2. The van der Waals surface area contributed by atoms with E-state index in [0.29, 0.717) is 30.8 Å². The van der Waals surface area contributed by atoms with Gasteiger partial charge < -0.3 is 19.7 Å². The van der Waals surface area contributed by atoms with Crippen LogP contribution in [0, 0.1) is 0 Å². The van der Waals surface area contributed by atoms with Crippen molar-refractivity contribution >= 4 is 22.8 Å². The molecule has 0 aliphatic carbocycles. The summed E-state index contributed by atoms with van der Waals surface area (Å²) in [5.74, 6) is -1.61. The average molecular weight is 395 g/mol. The number of carbonyl (C=O) groups excluding carboxylic acids is 1. The average Bonchev–Trinajstić information content (AvgIpc) is 3.09. The number of rotatable bonds is 5. The summed E-state index contributed by atoms with van der Waals surface area (Å²) in [6.07, 6.45) is -0.336. The van der Waals surface area contributed by atoms with E-state index >= 15 is 0 Å². The molecule has 1 atom stereocenters. The summed E-state index contributed by atoms with van der Waals surface area (Å²) < 4.78 is 7.64. The number of amides is 1. The molecule has 1 aliphatic heterocycles. The molecule has 4 rings (SSSR count). The minimum atomic E-state index is -1.01. The van der Waals surface area contributed by atoms with Crippen LogP contribution in [-0.2, 0) is 11.3 Å². The molecule has 1 amide bonds. The van der Waals surface area contributed by atoms with E-state index in [1.54, 1.807) is 34.3 Å². The number of morpholine rings is 1. The zero-order valence-corrected chi connectivity index (χ0v) is 15.6. The summed E-state index contributed by atoms with van der Waals surface area (Å²) in [4.78, 5) is 23.8. The van der Waals surface area contributed by atoms with E-state index in [1.807, 2.05) is 24.3 Å². The minimum Gasteiger partial charge on any atom is -0.477 e. The van der Waals surface area contributed by atoms with Gasteiger partial charge in [-0.2, -0.15) is 0 Å². The molecule has 4 N–H and O–H groups in total. The number of aromatic nitrogens is 1. The number of hydroxylamine groups is 1. The van der Waals surface area contributed by atoms with Crippen LogP contribution in [0.25, 0.3) is 10.9 Å². The molecule has 1 unspecified atom stereocenters. The quantitative estimate of drug-likeness (QED) is 0.389. The Bertz CT molecular complexity index is 1050. The molecule has 2 aromatic carbocycles. The zero-order chi connectivity index (χ0) is 20.4. The van der Waals surface area contributed by atoms with Gasteiger partial charge in [-0.3, -0.25) is 10.0 Å². The molecule has 29 heavy (non-hydrogen) atoms. The van der Waals surface area contributed by atoms with Gasteiger partial charge in [0.2, 0.25) is 0 Å². The molecular formula is C21H21N3O5. The van der Waals surface area contributed by atoms with Crippen LogP contribution in [-0.4, -0.2) is 46.5 Å². The van der Waals surface area contributed by atoms with Gasteiger partial charge in [0.05, 0.1) is 12.7 Å². The van der Waals surface area contributed by atoms with Crippen LogP contribution in [0.4, 0.5) is 0 Å². The summed E-state index contributed by atoms with van der Waals surface area (Å²) in [7, 11) is 0. The number of hydrogen-bond donors (Lipinski definition) is 4. The van der Waals surface area contributed by atoms with Crippen molar-refractivity contribution in [3.63, 3.8) is 0 Å². The molecule has 1 saturated heterocycles. The van der Waals surface area contributed by atoms with Gasteiger partial charge in [0.15, 0.2) is 0 Å². The number of fused-ring (bicyclic) bond motifs is 1. The normalized spacial score (nSPS) is 16.7. The fraction of sp³-hybridized carbons (Fsp3) is 0.238. The fourth-order valence-electron chi connectivity index (χ4n) is 3.81. The summed E-state index contributed by atoms with van der Waals surface area (Å²) in [5.41, 5.74) is 4.44. The molecular weight excluding hydrogens is 374 g/mol. The second-order valence-corrected chi connectivity index (χ2v) is 6.87. The van der Waals surface area contributed by atoms with Crippen LogP contribution < -0.4 is 10.8 Å². The molecule has 8 heteroatoms. The van der Waals surface area contributed by atoms with E-state index in [1.165, 1.54) is 0 Å². The SMILES string of the molecule is O=C(NO)c1ccc(Cn2c(C(=O)O)c(C3CNCCO3)c3ccccc32)cc1. The van der Waals surface area contributed by atoms with Gasteiger partial charge in [-0.1, -0.05) is 30.3 Å². The number of benzene rings is 2. The Morgan fingerprint density at radius 3 is 2.59 bits per heavy atom. The number of ether oxygens (including phenoxy) is 1. The molecule has 0 bridgehead atoms. The zero-order valence-electron chi connectivity index (χ0n) is 15.6. The number of nitrogens with one attached hydrogen (secondary N) is 2. The second-order valence-electron chi connectivity index (χ2n) is 6.87. The number of para-hydroxylation sites is 1. The predicted octanol–water partition coefficient (Wildman–Crippen LogP) is 2.17. The molecule has 2 heterocycles. The number of nitrogens with zero attached hydrogens (tertiary/aromatic N) is 1. The van der Waals surface area contributed by atoms with E-state index in [2.05, 4.69) is 5.32 Å². The molecule has 0 radical (unpaired) electrons. The smallest absolute Gasteiger partial charge is 0.352 e. The fourth-order valence-corrected chi connectivity index (χ4v) is 3.81. The highest BCUT2D eigenvalue weighted by molar-refractivity contribution is 5.98. The van der Waals surface area contributed by atoms with Gasteiger partial charge in [-0.05, 0) is 23.8 Å². The van der Waals surface area contributed by atoms with E-state index < -0.39 is 11.9 Å². The Hall–Kier alpha value is -3.20. The van der Waals surface area contributed by atoms with Crippen molar-refractivity contribution in [3.8, 4) is 0 Å². The van der Waals surface area contributed by atoms with Crippen molar-refractivity contribution in [2.24, 2.45) is 0 Å². The molecule has 0 saturated carbocycles. The lowest BCUT2D eigenvalue weighted by Gasteiger charge is -2.24.